The van der Waals surface area contributed by atoms with Gasteiger partial charge >= 0.3 is 0 Å². The maximum absolute atomic E-state index is 13.4. The van der Waals surface area contributed by atoms with E-state index in [-0.39, 0.29) is 16.7 Å². The number of fused-ring (bicyclic) bond motifs is 1. The third kappa shape index (κ3) is 1.41. The van der Waals surface area contributed by atoms with Crippen LogP contribution in [-0.4, -0.2) is 54.7 Å². The number of hydrogen-bond acceptors (Lipinski definition) is 4. The van der Waals surface area contributed by atoms with Crippen LogP contribution in [0.3, 0.4) is 0 Å². The first-order chi connectivity index (χ1) is 11.2. The fourth-order valence-electron chi connectivity index (χ4n) is 5.72. The Morgan fingerprint density at radius 2 is 1.54 bits per heavy atom. The largest absolute Gasteiger partial charge is 0.312 e. The average Bonchev–Trinajstić information content (AvgIpc) is 2.71. The summed E-state index contributed by atoms with van der Waals surface area (Å²) in [5.74, 6) is 0.472. The third-order valence-electron chi connectivity index (χ3n) is 6.47. The van der Waals surface area contributed by atoms with Crippen molar-refractivity contribution < 1.29 is 9.59 Å². The molecule has 5 nitrogen and oxygen atoms in total. The molecule has 4 saturated heterocycles. The van der Waals surface area contributed by atoms with E-state index in [9.17, 15) is 9.59 Å². The molecule has 4 bridgehead atoms. The smallest absolute Gasteiger partial charge is 0.267 e. The van der Waals surface area contributed by atoms with Gasteiger partial charge in [-0.15, -0.1) is 0 Å². The number of hydrogen-bond donors (Lipinski definition) is 0. The maximum Gasteiger partial charge on any atom is 0.267 e. The number of benzene rings is 1. The van der Waals surface area contributed by atoms with Crippen LogP contribution in [0, 0.1) is 10.8 Å². The number of amides is 1. The van der Waals surface area contributed by atoms with E-state index in [4.69, 9.17) is 0 Å². The van der Waals surface area contributed by atoms with Crippen molar-refractivity contribution in [3.8, 4) is 0 Å². The van der Waals surface area contributed by atoms with Gasteiger partial charge in [-0.25, -0.2) is 0 Å². The van der Waals surface area contributed by atoms with Gasteiger partial charge in [-0.1, -0.05) is 29.8 Å². The Kier molecular flexibility index (Phi) is 2.58. The molecule has 1 spiro atoms. The predicted molar refractivity (Wildman–Crippen MR) is 93.6 cm³/mol. The first kappa shape index (κ1) is 15.0. The number of likely N-dealkylation sites (N-methyl/N-ethyl adjacent to an activating group) is 1. The lowest BCUT2D eigenvalue weighted by Gasteiger charge is -2.68. The summed E-state index contributed by atoms with van der Waals surface area (Å²) in [6.45, 7) is 6.74. The van der Waals surface area contributed by atoms with Crippen LogP contribution >= 0.6 is 15.9 Å². The van der Waals surface area contributed by atoms with Gasteiger partial charge in [-0.2, -0.15) is 0 Å². The van der Waals surface area contributed by atoms with E-state index in [2.05, 4.69) is 45.6 Å². The van der Waals surface area contributed by atoms with Gasteiger partial charge in [0, 0.05) is 43.3 Å². The summed E-state index contributed by atoms with van der Waals surface area (Å²) >= 11 is 3.56. The molecule has 5 aliphatic heterocycles. The van der Waals surface area contributed by atoms with Crippen LogP contribution < -0.4 is 4.90 Å². The van der Waals surface area contributed by atoms with E-state index in [1.165, 1.54) is 0 Å². The summed E-state index contributed by atoms with van der Waals surface area (Å²) < 4.78 is 0.980. The zero-order chi connectivity index (χ0) is 17.1. The SMILES string of the molecule is CN1C(=O)C2(c3cc(Br)ccc31)N1CC3(C)CN2CC(C)(C1)C3=O. The van der Waals surface area contributed by atoms with Gasteiger partial charge in [-0.05, 0) is 18.2 Å². The normalized spacial score (nSPS) is 45.4. The molecule has 0 aliphatic carbocycles. The molecule has 0 unspecified atom stereocenters. The molecule has 1 aromatic rings. The van der Waals surface area contributed by atoms with Crippen molar-refractivity contribution in [3.63, 3.8) is 0 Å². The molecular formula is C18H20BrN3O2. The van der Waals surface area contributed by atoms with Gasteiger partial charge in [0.2, 0.25) is 0 Å². The van der Waals surface area contributed by atoms with E-state index >= 15 is 0 Å². The van der Waals surface area contributed by atoms with Gasteiger partial charge in [0.05, 0.1) is 16.5 Å². The molecule has 126 valence electrons. The molecule has 24 heavy (non-hydrogen) atoms. The zero-order valence-electron chi connectivity index (χ0n) is 14.1. The van der Waals surface area contributed by atoms with Crippen molar-refractivity contribution in [3.05, 3.63) is 28.2 Å². The molecule has 0 atom stereocenters. The van der Waals surface area contributed by atoms with Gasteiger partial charge in [0.1, 0.15) is 5.78 Å². The molecule has 1 amide bonds. The van der Waals surface area contributed by atoms with Crippen molar-refractivity contribution in [2.75, 3.05) is 38.1 Å². The number of anilines is 1. The van der Waals surface area contributed by atoms with E-state index in [1.807, 2.05) is 19.2 Å². The van der Waals surface area contributed by atoms with Crippen LogP contribution in [0.4, 0.5) is 5.69 Å². The summed E-state index contributed by atoms with van der Waals surface area (Å²) in [6, 6.07) is 6.06. The van der Waals surface area contributed by atoms with Crippen molar-refractivity contribution in [2.45, 2.75) is 19.5 Å². The summed E-state index contributed by atoms with van der Waals surface area (Å²) in [6.07, 6.45) is 0. The number of carbonyl (C=O) groups excluding carboxylic acids is 2. The second-order valence-electron chi connectivity index (χ2n) is 8.36. The van der Waals surface area contributed by atoms with Gasteiger partial charge < -0.3 is 4.90 Å². The Bertz CT molecular complexity index is 780. The fourth-order valence-corrected chi connectivity index (χ4v) is 6.08. The second kappa shape index (κ2) is 4.11. The van der Waals surface area contributed by atoms with Gasteiger partial charge in [0.25, 0.3) is 5.91 Å². The van der Waals surface area contributed by atoms with Crippen LogP contribution in [0.5, 0.6) is 0 Å². The van der Waals surface area contributed by atoms with Crippen molar-refractivity contribution in [1.82, 2.24) is 9.80 Å². The van der Waals surface area contributed by atoms with Crippen LogP contribution in [0.25, 0.3) is 0 Å². The topological polar surface area (TPSA) is 43.9 Å². The Balaban J connectivity index is 1.76. The highest BCUT2D eigenvalue weighted by Gasteiger charge is 2.71. The minimum atomic E-state index is -0.742. The Morgan fingerprint density at radius 1 is 1.00 bits per heavy atom. The highest BCUT2D eigenvalue weighted by molar-refractivity contribution is 9.10. The summed E-state index contributed by atoms with van der Waals surface area (Å²) in [5.41, 5.74) is 0.530. The number of piperidine rings is 2. The van der Waals surface area contributed by atoms with Crippen molar-refractivity contribution in [1.29, 1.82) is 0 Å². The first-order valence-electron chi connectivity index (χ1n) is 8.36. The number of rotatable bonds is 0. The summed E-state index contributed by atoms with van der Waals surface area (Å²) in [5, 5.41) is 0. The fraction of sp³-hybridized carbons (Fsp3) is 0.556. The maximum atomic E-state index is 13.4. The standard InChI is InChI=1S/C18H20BrN3O2/c1-16-7-21-9-17(2,14(16)23)10-22(8-16)18(21)12-6-11(19)4-5-13(12)20(3)15(18)24/h4-6H,7-10H2,1-3H3. The first-order valence-corrected chi connectivity index (χ1v) is 9.15. The zero-order valence-corrected chi connectivity index (χ0v) is 15.7. The van der Waals surface area contributed by atoms with Crippen LogP contribution in [0.15, 0.2) is 22.7 Å². The number of halogens is 1. The van der Waals surface area contributed by atoms with E-state index < -0.39 is 5.66 Å². The van der Waals surface area contributed by atoms with Gasteiger partial charge in [-0.3, -0.25) is 19.4 Å². The lowest BCUT2D eigenvalue weighted by Crippen LogP contribution is -2.83. The molecule has 4 fully saturated rings. The van der Waals surface area contributed by atoms with E-state index in [0.717, 1.165) is 15.7 Å². The van der Waals surface area contributed by atoms with Crippen molar-refractivity contribution in [2.24, 2.45) is 10.8 Å². The predicted octanol–water partition coefficient (Wildman–Crippen LogP) is 1.80. The van der Waals surface area contributed by atoms with Crippen molar-refractivity contribution >= 4 is 33.3 Å². The molecule has 5 heterocycles. The number of carbonyl (C=O) groups is 2. The molecule has 0 N–H and O–H groups in total. The molecule has 5 aliphatic rings. The number of Topliss-reactive ketones (excluding diaryl/α,β-unsaturated/α-hetero) is 1. The molecule has 0 aromatic heterocycles. The lowest BCUT2D eigenvalue weighted by atomic mass is 9.60. The molecular weight excluding hydrogens is 370 g/mol. The van der Waals surface area contributed by atoms with Crippen LogP contribution in [-0.2, 0) is 15.3 Å². The minimum Gasteiger partial charge on any atom is -0.312 e. The molecule has 0 saturated carbocycles. The van der Waals surface area contributed by atoms with Crippen LogP contribution in [0.2, 0.25) is 0 Å². The molecule has 6 rings (SSSR count). The average molecular weight is 390 g/mol. The Hall–Kier alpha value is -1.24. The molecule has 0 radical (unpaired) electrons. The monoisotopic (exact) mass is 389 g/mol. The minimum absolute atomic E-state index is 0.106. The summed E-state index contributed by atoms with van der Waals surface area (Å²) in [7, 11) is 1.85. The lowest BCUT2D eigenvalue weighted by molar-refractivity contribution is -0.228. The number of ketones is 1. The summed E-state index contributed by atoms with van der Waals surface area (Å²) in [4.78, 5) is 32.6. The van der Waals surface area contributed by atoms with E-state index in [1.54, 1.807) is 4.90 Å². The Labute approximate surface area is 149 Å². The second-order valence-corrected chi connectivity index (χ2v) is 9.28. The Morgan fingerprint density at radius 3 is 2.08 bits per heavy atom. The van der Waals surface area contributed by atoms with E-state index in [0.29, 0.717) is 32.0 Å². The highest BCUT2D eigenvalue weighted by Crippen LogP contribution is 2.58. The van der Waals surface area contributed by atoms with Gasteiger partial charge in [0.15, 0.2) is 5.66 Å². The van der Waals surface area contributed by atoms with Crippen LogP contribution in [0.1, 0.15) is 19.4 Å². The quantitative estimate of drug-likeness (QED) is 0.678. The molecule has 6 heteroatoms. The third-order valence-corrected chi connectivity index (χ3v) is 6.96. The number of nitrogens with zero attached hydrogens (tertiary/aromatic N) is 3. The molecule has 1 aromatic carbocycles. The highest BCUT2D eigenvalue weighted by atomic mass is 79.9.